The van der Waals surface area contributed by atoms with Crippen LogP contribution in [0.5, 0.6) is 0 Å². The zero-order chi connectivity index (χ0) is 14.5. The summed E-state index contributed by atoms with van der Waals surface area (Å²) in [6.45, 7) is 0. The average molecular weight is 280 g/mol. The Hall–Kier alpha value is -1.93. The summed E-state index contributed by atoms with van der Waals surface area (Å²) in [7, 11) is 0. The number of rotatable bonds is 4. The van der Waals surface area contributed by atoms with Crippen LogP contribution in [0.25, 0.3) is 0 Å². The van der Waals surface area contributed by atoms with Crippen molar-refractivity contribution in [2.45, 2.75) is 37.9 Å². The van der Waals surface area contributed by atoms with Crippen molar-refractivity contribution in [3.8, 4) is 0 Å². The molecule has 0 aromatic heterocycles. The fourth-order valence-electron chi connectivity index (χ4n) is 2.88. The van der Waals surface area contributed by atoms with Gasteiger partial charge in [-0.1, -0.05) is 60.7 Å². The first-order valence-electron chi connectivity index (χ1n) is 7.57. The van der Waals surface area contributed by atoms with Gasteiger partial charge in [0.25, 0.3) is 0 Å². The molecular weight excluding hydrogens is 260 g/mol. The van der Waals surface area contributed by atoms with E-state index in [-0.39, 0.29) is 12.2 Å². The molecule has 1 aliphatic rings. The molecule has 2 atom stereocenters. The molecule has 2 aromatic rings. The number of hydrogen-bond acceptors (Lipinski definition) is 2. The van der Waals surface area contributed by atoms with Crippen LogP contribution in [0.2, 0.25) is 0 Å². The first-order chi connectivity index (χ1) is 10.3. The molecule has 21 heavy (non-hydrogen) atoms. The Morgan fingerprint density at radius 1 is 0.905 bits per heavy atom. The van der Waals surface area contributed by atoms with Gasteiger partial charge in [0.1, 0.15) is 5.78 Å². The predicted molar refractivity (Wildman–Crippen MR) is 83.1 cm³/mol. The Bertz CT molecular complexity index is 577. The monoisotopic (exact) mass is 280 g/mol. The van der Waals surface area contributed by atoms with Gasteiger partial charge in [0.05, 0.1) is 12.2 Å². The number of carbonyl (C=O) groups is 1. The van der Waals surface area contributed by atoms with E-state index in [0.717, 1.165) is 18.4 Å². The molecule has 2 nitrogen and oxygen atoms in total. The molecule has 0 bridgehead atoms. The Morgan fingerprint density at radius 3 is 2.29 bits per heavy atom. The quantitative estimate of drug-likeness (QED) is 0.842. The molecule has 1 aliphatic heterocycles. The van der Waals surface area contributed by atoms with E-state index >= 15 is 0 Å². The van der Waals surface area contributed by atoms with Crippen LogP contribution in [0.1, 0.15) is 36.5 Å². The lowest BCUT2D eigenvalue weighted by Crippen LogP contribution is -2.28. The Morgan fingerprint density at radius 2 is 1.57 bits per heavy atom. The third-order valence-corrected chi connectivity index (χ3v) is 3.99. The standard InChI is InChI=1S/C19H20O2/c20-17-13-18(12-11-15-7-3-1-4-8-15)21-19(14-17)16-9-5-2-6-10-16/h1-10,18-19H,11-14H2. The van der Waals surface area contributed by atoms with Gasteiger partial charge in [-0.3, -0.25) is 4.79 Å². The molecule has 1 saturated heterocycles. The topological polar surface area (TPSA) is 26.3 Å². The molecule has 0 saturated carbocycles. The molecular formula is C19H20O2. The van der Waals surface area contributed by atoms with Gasteiger partial charge in [0, 0.05) is 12.8 Å². The van der Waals surface area contributed by atoms with Crippen molar-refractivity contribution < 1.29 is 9.53 Å². The summed E-state index contributed by atoms with van der Waals surface area (Å²) in [5.74, 6) is 0.313. The highest BCUT2D eigenvalue weighted by Crippen LogP contribution is 2.30. The highest BCUT2D eigenvalue weighted by atomic mass is 16.5. The molecule has 1 fully saturated rings. The normalized spacial score (nSPS) is 22.2. The molecule has 0 aliphatic carbocycles. The second kappa shape index (κ2) is 6.68. The maximum Gasteiger partial charge on any atom is 0.138 e. The van der Waals surface area contributed by atoms with Crippen molar-refractivity contribution in [3.05, 3.63) is 71.8 Å². The third-order valence-electron chi connectivity index (χ3n) is 3.99. The van der Waals surface area contributed by atoms with Crippen molar-refractivity contribution in [1.29, 1.82) is 0 Å². The van der Waals surface area contributed by atoms with E-state index in [1.54, 1.807) is 0 Å². The second-order valence-corrected chi connectivity index (χ2v) is 5.63. The van der Waals surface area contributed by atoms with Crippen LogP contribution in [0.3, 0.4) is 0 Å². The molecule has 0 radical (unpaired) electrons. The number of Topliss-reactive ketones (excluding diaryl/α,β-unsaturated/α-hetero) is 1. The summed E-state index contributed by atoms with van der Waals surface area (Å²) in [6, 6.07) is 20.4. The van der Waals surface area contributed by atoms with E-state index in [4.69, 9.17) is 4.74 Å². The van der Waals surface area contributed by atoms with Crippen LogP contribution < -0.4 is 0 Å². The van der Waals surface area contributed by atoms with Crippen molar-refractivity contribution >= 4 is 5.78 Å². The van der Waals surface area contributed by atoms with Crippen LogP contribution in [0.4, 0.5) is 0 Å². The summed E-state index contributed by atoms with van der Waals surface area (Å²) < 4.78 is 6.14. The van der Waals surface area contributed by atoms with Gasteiger partial charge < -0.3 is 4.74 Å². The van der Waals surface area contributed by atoms with E-state index in [2.05, 4.69) is 24.3 Å². The average Bonchev–Trinajstić information content (AvgIpc) is 2.54. The third kappa shape index (κ3) is 3.79. The van der Waals surface area contributed by atoms with Gasteiger partial charge in [-0.25, -0.2) is 0 Å². The summed E-state index contributed by atoms with van der Waals surface area (Å²) in [4.78, 5) is 12.0. The Balaban J connectivity index is 1.62. The van der Waals surface area contributed by atoms with Crippen LogP contribution in [-0.4, -0.2) is 11.9 Å². The zero-order valence-electron chi connectivity index (χ0n) is 12.1. The van der Waals surface area contributed by atoms with E-state index in [1.165, 1.54) is 5.56 Å². The van der Waals surface area contributed by atoms with Crippen LogP contribution in [-0.2, 0) is 16.0 Å². The largest absolute Gasteiger partial charge is 0.369 e. The molecule has 2 aromatic carbocycles. The highest BCUT2D eigenvalue weighted by molar-refractivity contribution is 5.80. The fraction of sp³-hybridized carbons (Fsp3) is 0.316. The molecule has 108 valence electrons. The summed E-state index contributed by atoms with van der Waals surface area (Å²) in [5.41, 5.74) is 2.41. The smallest absolute Gasteiger partial charge is 0.138 e. The van der Waals surface area contributed by atoms with E-state index in [1.807, 2.05) is 36.4 Å². The lowest BCUT2D eigenvalue weighted by atomic mass is 9.94. The van der Waals surface area contributed by atoms with E-state index in [9.17, 15) is 4.79 Å². The fourth-order valence-corrected chi connectivity index (χ4v) is 2.88. The minimum Gasteiger partial charge on any atom is -0.369 e. The van der Waals surface area contributed by atoms with Crippen molar-refractivity contribution in [3.63, 3.8) is 0 Å². The van der Waals surface area contributed by atoms with E-state index in [0.29, 0.717) is 18.6 Å². The maximum absolute atomic E-state index is 12.0. The molecule has 2 unspecified atom stereocenters. The molecule has 0 amide bonds. The first-order valence-corrected chi connectivity index (χ1v) is 7.57. The number of carbonyl (C=O) groups excluding carboxylic acids is 1. The lowest BCUT2D eigenvalue weighted by molar-refractivity contribution is -0.136. The Labute approximate surface area is 125 Å². The number of ether oxygens (including phenoxy) is 1. The molecule has 2 heteroatoms. The van der Waals surface area contributed by atoms with Crippen molar-refractivity contribution in [2.75, 3.05) is 0 Å². The first kappa shape index (κ1) is 14.0. The number of benzene rings is 2. The van der Waals surface area contributed by atoms with Gasteiger partial charge in [-0.05, 0) is 24.0 Å². The summed E-state index contributed by atoms with van der Waals surface area (Å²) >= 11 is 0. The number of ketones is 1. The lowest BCUT2D eigenvalue weighted by Gasteiger charge is -2.29. The number of hydrogen-bond donors (Lipinski definition) is 0. The zero-order valence-corrected chi connectivity index (χ0v) is 12.1. The van der Waals surface area contributed by atoms with Gasteiger partial charge in [0.2, 0.25) is 0 Å². The van der Waals surface area contributed by atoms with E-state index < -0.39 is 0 Å². The SMILES string of the molecule is O=C1CC(CCc2ccccc2)OC(c2ccccc2)C1. The molecule has 1 heterocycles. The minimum atomic E-state index is -0.0757. The second-order valence-electron chi connectivity index (χ2n) is 5.63. The van der Waals surface area contributed by atoms with Gasteiger partial charge in [0.15, 0.2) is 0 Å². The summed E-state index contributed by atoms with van der Waals surface area (Å²) in [5, 5.41) is 0. The maximum atomic E-state index is 12.0. The number of aryl methyl sites for hydroxylation is 1. The van der Waals surface area contributed by atoms with Crippen LogP contribution in [0.15, 0.2) is 60.7 Å². The van der Waals surface area contributed by atoms with Crippen LogP contribution >= 0.6 is 0 Å². The predicted octanol–water partition coefficient (Wildman–Crippen LogP) is 4.11. The summed E-state index contributed by atoms with van der Waals surface area (Å²) in [6.07, 6.45) is 2.88. The van der Waals surface area contributed by atoms with Crippen LogP contribution in [0, 0.1) is 0 Å². The van der Waals surface area contributed by atoms with Gasteiger partial charge in [-0.15, -0.1) is 0 Å². The van der Waals surface area contributed by atoms with Gasteiger partial charge in [-0.2, -0.15) is 0 Å². The van der Waals surface area contributed by atoms with Crippen molar-refractivity contribution in [2.24, 2.45) is 0 Å². The minimum absolute atomic E-state index is 0.0386. The molecule has 3 rings (SSSR count). The molecule has 0 N–H and O–H groups in total. The Kier molecular flexibility index (Phi) is 4.46. The highest BCUT2D eigenvalue weighted by Gasteiger charge is 2.28. The van der Waals surface area contributed by atoms with Gasteiger partial charge >= 0.3 is 0 Å². The van der Waals surface area contributed by atoms with Crippen molar-refractivity contribution in [1.82, 2.24) is 0 Å². The molecule has 0 spiro atoms.